The van der Waals surface area contributed by atoms with E-state index in [-0.39, 0.29) is 0 Å². The van der Waals surface area contributed by atoms with Crippen molar-refractivity contribution in [3.8, 4) is 11.6 Å². The molecule has 2 rings (SSSR count). The van der Waals surface area contributed by atoms with E-state index in [0.29, 0.717) is 29.8 Å². The lowest BCUT2D eigenvalue weighted by molar-refractivity contribution is 0.181. The summed E-state index contributed by atoms with van der Waals surface area (Å²) in [6.07, 6.45) is 1.39. The molecule has 0 saturated carbocycles. The lowest BCUT2D eigenvalue weighted by Crippen LogP contribution is -2.11. The van der Waals surface area contributed by atoms with E-state index in [4.69, 9.17) is 10.6 Å². The van der Waals surface area contributed by atoms with Crippen LogP contribution in [0.4, 0.5) is 5.82 Å². The van der Waals surface area contributed by atoms with Gasteiger partial charge in [-0.3, -0.25) is 5.10 Å². The normalized spacial score (nSPS) is 10.4. The number of aromatic amines is 1. The van der Waals surface area contributed by atoms with Crippen molar-refractivity contribution in [2.75, 3.05) is 12.5 Å². The third kappa shape index (κ3) is 2.12. The number of nitrogens with one attached hydrogen (secondary N) is 2. The third-order valence-electron chi connectivity index (χ3n) is 1.85. The summed E-state index contributed by atoms with van der Waals surface area (Å²) in [6, 6.07) is 1.70. The molecule has 2 aromatic rings. The predicted molar refractivity (Wildman–Crippen MR) is 55.9 cm³/mol. The van der Waals surface area contributed by atoms with Crippen molar-refractivity contribution in [1.82, 2.24) is 25.1 Å². The maximum Gasteiger partial charge on any atom is 0.199 e. The number of nitrogens with zero attached hydrogens (tertiary/aromatic N) is 4. The topological polar surface area (TPSA) is 115 Å². The Bertz CT molecular complexity index is 455. The monoisotopic (exact) mass is 221 g/mol. The summed E-state index contributed by atoms with van der Waals surface area (Å²) in [4.78, 5) is 12.4. The Labute approximate surface area is 91.2 Å². The number of H-pyrrole nitrogens is 1. The number of anilines is 1. The molecule has 0 aliphatic carbocycles. The van der Waals surface area contributed by atoms with Gasteiger partial charge in [0.2, 0.25) is 0 Å². The molecule has 8 nitrogen and oxygen atoms in total. The predicted octanol–water partition coefficient (Wildman–Crippen LogP) is -0.306. The molecule has 0 spiro atoms. The Hall–Kier alpha value is -2.06. The average Bonchev–Trinajstić information content (AvgIpc) is 2.82. The second-order valence-electron chi connectivity index (χ2n) is 2.98. The highest BCUT2D eigenvalue weighted by molar-refractivity contribution is 5.48. The zero-order chi connectivity index (χ0) is 11.4. The quantitative estimate of drug-likeness (QED) is 0.479. The van der Waals surface area contributed by atoms with E-state index in [1.54, 1.807) is 13.2 Å². The first-order valence-corrected chi connectivity index (χ1v) is 4.52. The molecule has 16 heavy (non-hydrogen) atoms. The molecule has 4 N–H and O–H groups in total. The Kier molecular flexibility index (Phi) is 3.03. The summed E-state index contributed by atoms with van der Waals surface area (Å²) in [6.45, 7) is 0.373. The number of hydrogen-bond acceptors (Lipinski definition) is 7. The van der Waals surface area contributed by atoms with Crippen LogP contribution in [-0.2, 0) is 11.3 Å². The molecule has 0 aromatic carbocycles. The molecule has 84 valence electrons. The average molecular weight is 221 g/mol. The van der Waals surface area contributed by atoms with E-state index in [2.05, 4.69) is 30.6 Å². The minimum Gasteiger partial charge on any atom is -0.378 e. The molecule has 0 aliphatic rings. The standard InChI is InChI=1S/C8H11N7O/c1-16-3-5-2-6(14-9)13-8(12-5)7-10-4-11-15-7/h2,4H,3,9H2,1H3,(H,10,11,15)(H,12,13,14). The first kappa shape index (κ1) is 10.5. The number of hydrogen-bond donors (Lipinski definition) is 3. The second kappa shape index (κ2) is 4.64. The van der Waals surface area contributed by atoms with Crippen molar-refractivity contribution in [2.24, 2.45) is 5.84 Å². The lowest BCUT2D eigenvalue weighted by atomic mass is 10.4. The van der Waals surface area contributed by atoms with Crippen LogP contribution in [0.5, 0.6) is 0 Å². The van der Waals surface area contributed by atoms with Gasteiger partial charge in [-0.25, -0.2) is 20.8 Å². The zero-order valence-corrected chi connectivity index (χ0v) is 8.64. The lowest BCUT2D eigenvalue weighted by Gasteiger charge is -2.05. The fourth-order valence-corrected chi connectivity index (χ4v) is 1.21. The van der Waals surface area contributed by atoms with Crippen LogP contribution in [0.15, 0.2) is 12.4 Å². The summed E-state index contributed by atoms with van der Waals surface area (Å²) in [7, 11) is 1.59. The SMILES string of the molecule is COCc1cc(NN)nc(-c2ncn[nH]2)n1. The molecule has 2 aromatic heterocycles. The molecule has 0 fully saturated rings. The molecule has 0 radical (unpaired) electrons. The van der Waals surface area contributed by atoms with Crippen molar-refractivity contribution < 1.29 is 4.74 Å². The van der Waals surface area contributed by atoms with Crippen LogP contribution in [0.3, 0.4) is 0 Å². The number of nitrogens with two attached hydrogens (primary N) is 1. The maximum absolute atomic E-state index is 5.31. The van der Waals surface area contributed by atoms with E-state index >= 15 is 0 Å². The van der Waals surface area contributed by atoms with Gasteiger partial charge in [-0.1, -0.05) is 0 Å². The van der Waals surface area contributed by atoms with Gasteiger partial charge in [-0.15, -0.1) is 0 Å². The van der Waals surface area contributed by atoms with Gasteiger partial charge in [0.25, 0.3) is 0 Å². The van der Waals surface area contributed by atoms with Crippen LogP contribution >= 0.6 is 0 Å². The van der Waals surface area contributed by atoms with Crippen molar-refractivity contribution in [3.63, 3.8) is 0 Å². The number of nitrogen functional groups attached to an aromatic ring is 1. The van der Waals surface area contributed by atoms with Gasteiger partial charge in [0, 0.05) is 13.2 Å². The molecule has 0 bridgehead atoms. The van der Waals surface area contributed by atoms with Crippen molar-refractivity contribution >= 4 is 5.82 Å². The molecular formula is C8H11N7O. The van der Waals surface area contributed by atoms with Gasteiger partial charge in [0.05, 0.1) is 12.3 Å². The van der Waals surface area contributed by atoms with Gasteiger partial charge < -0.3 is 10.2 Å². The van der Waals surface area contributed by atoms with Gasteiger partial charge in [-0.05, 0) is 0 Å². The highest BCUT2D eigenvalue weighted by atomic mass is 16.5. The molecule has 0 unspecified atom stereocenters. The van der Waals surface area contributed by atoms with Crippen molar-refractivity contribution in [1.29, 1.82) is 0 Å². The fourth-order valence-electron chi connectivity index (χ4n) is 1.21. The number of ether oxygens (including phenoxy) is 1. The van der Waals surface area contributed by atoms with Crippen LogP contribution in [0.1, 0.15) is 5.69 Å². The minimum atomic E-state index is 0.373. The van der Waals surface area contributed by atoms with Crippen LogP contribution in [0.2, 0.25) is 0 Å². The summed E-state index contributed by atoms with van der Waals surface area (Å²) in [5.41, 5.74) is 3.16. The number of aromatic nitrogens is 5. The van der Waals surface area contributed by atoms with Gasteiger partial charge >= 0.3 is 0 Å². The summed E-state index contributed by atoms with van der Waals surface area (Å²) < 4.78 is 4.99. The van der Waals surface area contributed by atoms with E-state index in [1.165, 1.54) is 6.33 Å². The smallest absolute Gasteiger partial charge is 0.199 e. The van der Waals surface area contributed by atoms with Gasteiger partial charge in [0.15, 0.2) is 11.6 Å². The molecule has 0 atom stereocenters. The number of rotatable bonds is 4. The summed E-state index contributed by atoms with van der Waals surface area (Å²) in [5.74, 6) is 6.70. The zero-order valence-electron chi connectivity index (χ0n) is 8.64. The number of methoxy groups -OCH3 is 1. The second-order valence-corrected chi connectivity index (χ2v) is 2.98. The molecule has 8 heteroatoms. The van der Waals surface area contributed by atoms with Gasteiger partial charge in [0.1, 0.15) is 12.1 Å². The minimum absolute atomic E-state index is 0.373. The highest BCUT2D eigenvalue weighted by Gasteiger charge is 2.08. The summed E-state index contributed by atoms with van der Waals surface area (Å²) in [5, 5.41) is 6.41. The highest BCUT2D eigenvalue weighted by Crippen LogP contribution is 2.13. The van der Waals surface area contributed by atoms with Crippen molar-refractivity contribution in [2.45, 2.75) is 6.61 Å². The van der Waals surface area contributed by atoms with E-state index < -0.39 is 0 Å². The van der Waals surface area contributed by atoms with Crippen LogP contribution < -0.4 is 11.3 Å². The summed E-state index contributed by atoms with van der Waals surface area (Å²) >= 11 is 0. The van der Waals surface area contributed by atoms with Crippen LogP contribution in [0.25, 0.3) is 11.6 Å². The van der Waals surface area contributed by atoms with Crippen LogP contribution in [0, 0.1) is 0 Å². The Balaban J connectivity index is 2.41. The molecule has 0 amide bonds. The van der Waals surface area contributed by atoms with E-state index in [9.17, 15) is 0 Å². The maximum atomic E-state index is 5.31. The van der Waals surface area contributed by atoms with E-state index in [1.807, 2.05) is 0 Å². The first-order chi connectivity index (χ1) is 7.83. The van der Waals surface area contributed by atoms with Crippen molar-refractivity contribution in [3.05, 3.63) is 18.1 Å². The Morgan fingerprint density at radius 2 is 2.38 bits per heavy atom. The van der Waals surface area contributed by atoms with Gasteiger partial charge in [-0.2, -0.15) is 5.10 Å². The molecule has 0 saturated heterocycles. The Morgan fingerprint density at radius 1 is 1.50 bits per heavy atom. The number of hydrazine groups is 1. The third-order valence-corrected chi connectivity index (χ3v) is 1.85. The Morgan fingerprint density at radius 3 is 3.00 bits per heavy atom. The molecular weight excluding hydrogens is 210 g/mol. The largest absolute Gasteiger partial charge is 0.378 e. The van der Waals surface area contributed by atoms with E-state index in [0.717, 1.165) is 0 Å². The fraction of sp³-hybridized carbons (Fsp3) is 0.250. The first-order valence-electron chi connectivity index (χ1n) is 4.52. The molecule has 0 aliphatic heterocycles. The van der Waals surface area contributed by atoms with Crippen LogP contribution in [-0.4, -0.2) is 32.3 Å². The molecule has 2 heterocycles.